The molecular weight excluding hydrogens is 541 g/mol. The number of rotatable bonds is 13. The number of hydrogen-bond donors (Lipinski definition) is 4. The van der Waals surface area contributed by atoms with Gasteiger partial charge in [0.2, 0.25) is 5.91 Å². The molecule has 210 valence electrons. The summed E-state index contributed by atoms with van der Waals surface area (Å²) < 4.78 is 65.4. The Morgan fingerprint density at radius 3 is 2.24 bits per heavy atom. The molecule has 0 spiro atoms. The van der Waals surface area contributed by atoms with E-state index in [-0.39, 0.29) is 22.2 Å². The van der Waals surface area contributed by atoms with Crippen LogP contribution in [0.25, 0.3) is 0 Å². The van der Waals surface area contributed by atoms with Gasteiger partial charge in [0.25, 0.3) is 10.0 Å². The van der Waals surface area contributed by atoms with E-state index in [1.54, 1.807) is 31.7 Å². The summed E-state index contributed by atoms with van der Waals surface area (Å²) in [4.78, 5) is 23.3. The van der Waals surface area contributed by atoms with Crippen molar-refractivity contribution in [2.24, 2.45) is 5.92 Å². The maximum absolute atomic E-state index is 13.1. The normalized spacial score (nSPS) is 12.5. The second kappa shape index (κ2) is 13.7. The number of benzene rings is 2. The Hall–Kier alpha value is -2.93. The number of aryl methyl sites for hydroxylation is 2. The Morgan fingerprint density at radius 2 is 1.63 bits per heavy atom. The SMILES string of the molecule is CCC(C)CCSCCC(=O)Nc1cc(S(=O)(=O)Nc2ccc(NNC(=O)C(F)(F)F)cc2)c(C)cc1C. The van der Waals surface area contributed by atoms with Gasteiger partial charge in [0.15, 0.2) is 0 Å². The summed E-state index contributed by atoms with van der Waals surface area (Å²) in [5.41, 5.74) is 5.46. The third kappa shape index (κ3) is 9.75. The van der Waals surface area contributed by atoms with E-state index in [0.717, 1.165) is 24.2 Å². The molecule has 0 heterocycles. The molecule has 0 aliphatic heterocycles. The highest BCUT2D eigenvalue weighted by Gasteiger charge is 2.38. The van der Waals surface area contributed by atoms with Crippen LogP contribution in [0.5, 0.6) is 0 Å². The van der Waals surface area contributed by atoms with Crippen molar-refractivity contribution in [2.75, 3.05) is 27.0 Å². The molecule has 1 atom stereocenters. The monoisotopic (exact) mass is 574 g/mol. The lowest BCUT2D eigenvalue weighted by molar-refractivity contribution is -0.173. The highest BCUT2D eigenvalue weighted by atomic mass is 32.2. The Kier molecular flexibility index (Phi) is 11.3. The van der Waals surface area contributed by atoms with E-state index in [1.807, 2.05) is 0 Å². The molecule has 0 fully saturated rings. The summed E-state index contributed by atoms with van der Waals surface area (Å²) in [7, 11) is -4.06. The average molecular weight is 575 g/mol. The zero-order valence-electron chi connectivity index (χ0n) is 21.7. The molecule has 0 aromatic heterocycles. The fraction of sp³-hybridized carbons (Fsp3) is 0.440. The van der Waals surface area contributed by atoms with E-state index in [9.17, 15) is 31.2 Å². The third-order valence-electron chi connectivity index (χ3n) is 5.73. The molecule has 2 aromatic carbocycles. The van der Waals surface area contributed by atoms with Crippen LogP contribution in [0.3, 0.4) is 0 Å². The summed E-state index contributed by atoms with van der Waals surface area (Å²) in [5.74, 6) is -0.0597. The van der Waals surface area contributed by atoms with Gasteiger partial charge in [-0.05, 0) is 73.4 Å². The minimum absolute atomic E-state index is 0.0269. The van der Waals surface area contributed by atoms with Crippen LogP contribution in [0.2, 0.25) is 0 Å². The molecule has 1 unspecified atom stereocenters. The van der Waals surface area contributed by atoms with E-state index >= 15 is 0 Å². The van der Waals surface area contributed by atoms with Crippen molar-refractivity contribution in [1.29, 1.82) is 0 Å². The maximum Gasteiger partial charge on any atom is 0.472 e. The summed E-state index contributed by atoms with van der Waals surface area (Å²) in [5, 5.41) is 2.80. The van der Waals surface area contributed by atoms with Gasteiger partial charge in [-0.25, -0.2) is 8.42 Å². The molecule has 13 heteroatoms. The zero-order valence-corrected chi connectivity index (χ0v) is 23.3. The van der Waals surface area contributed by atoms with Crippen LogP contribution in [0.1, 0.15) is 44.2 Å². The Labute approximate surface area is 225 Å². The van der Waals surface area contributed by atoms with E-state index in [0.29, 0.717) is 29.3 Å². The third-order valence-corrected chi connectivity index (χ3v) is 8.27. The molecule has 2 rings (SSSR count). The summed E-state index contributed by atoms with van der Waals surface area (Å²) in [6, 6.07) is 8.31. The first-order chi connectivity index (χ1) is 17.7. The van der Waals surface area contributed by atoms with Gasteiger partial charge in [-0.2, -0.15) is 24.9 Å². The minimum atomic E-state index is -5.04. The number of amides is 2. The lowest BCUT2D eigenvalue weighted by Gasteiger charge is -2.15. The summed E-state index contributed by atoms with van der Waals surface area (Å²) in [6.07, 6.45) is -2.51. The predicted molar refractivity (Wildman–Crippen MR) is 146 cm³/mol. The number of hydrogen-bond acceptors (Lipinski definition) is 6. The molecule has 38 heavy (non-hydrogen) atoms. The number of carbonyl (C=O) groups excluding carboxylic acids is 2. The lowest BCUT2D eigenvalue weighted by atomic mass is 10.1. The van der Waals surface area contributed by atoms with E-state index in [1.165, 1.54) is 35.8 Å². The number of alkyl halides is 3. The number of halogens is 3. The van der Waals surface area contributed by atoms with Crippen LogP contribution in [-0.4, -0.2) is 37.9 Å². The largest absolute Gasteiger partial charge is 0.472 e. The van der Waals surface area contributed by atoms with Crippen LogP contribution in [-0.2, 0) is 19.6 Å². The molecule has 0 aliphatic rings. The first-order valence-corrected chi connectivity index (χ1v) is 14.6. The highest BCUT2D eigenvalue weighted by Crippen LogP contribution is 2.27. The van der Waals surface area contributed by atoms with Gasteiger partial charge in [0.05, 0.1) is 10.6 Å². The van der Waals surface area contributed by atoms with Gasteiger partial charge in [-0.1, -0.05) is 26.3 Å². The first kappa shape index (κ1) is 31.3. The summed E-state index contributed by atoms with van der Waals surface area (Å²) in [6.45, 7) is 7.76. The van der Waals surface area contributed by atoms with Gasteiger partial charge < -0.3 is 5.32 Å². The topological polar surface area (TPSA) is 116 Å². The molecule has 0 saturated heterocycles. The van der Waals surface area contributed by atoms with Crippen molar-refractivity contribution in [2.45, 2.75) is 58.0 Å². The number of sulfonamides is 1. The first-order valence-electron chi connectivity index (χ1n) is 12.0. The second-order valence-electron chi connectivity index (χ2n) is 8.91. The maximum atomic E-state index is 13.1. The zero-order chi connectivity index (χ0) is 28.5. The van der Waals surface area contributed by atoms with Crippen molar-refractivity contribution < 1.29 is 31.2 Å². The van der Waals surface area contributed by atoms with Gasteiger partial charge in [-0.15, -0.1) is 0 Å². The van der Waals surface area contributed by atoms with Crippen LogP contribution < -0.4 is 20.9 Å². The fourth-order valence-electron chi connectivity index (χ4n) is 3.26. The Balaban J connectivity index is 2.03. The van der Waals surface area contributed by atoms with Crippen molar-refractivity contribution >= 4 is 50.7 Å². The van der Waals surface area contributed by atoms with Crippen LogP contribution in [0, 0.1) is 19.8 Å². The van der Waals surface area contributed by atoms with Crippen molar-refractivity contribution in [1.82, 2.24) is 5.43 Å². The molecule has 0 bridgehead atoms. The second-order valence-corrected chi connectivity index (χ2v) is 11.8. The van der Waals surface area contributed by atoms with Crippen molar-refractivity contribution in [3.05, 3.63) is 47.5 Å². The molecule has 2 aromatic rings. The van der Waals surface area contributed by atoms with E-state index < -0.39 is 22.1 Å². The van der Waals surface area contributed by atoms with Gasteiger partial charge in [0.1, 0.15) is 0 Å². The lowest BCUT2D eigenvalue weighted by Crippen LogP contribution is -2.40. The van der Waals surface area contributed by atoms with E-state index in [2.05, 4.69) is 29.3 Å². The van der Waals surface area contributed by atoms with Gasteiger partial charge >= 0.3 is 12.1 Å². The molecular formula is C25H33F3N4O4S2. The molecule has 2 amide bonds. The number of thioether (sulfide) groups is 1. The number of anilines is 3. The minimum Gasteiger partial charge on any atom is -0.326 e. The molecule has 0 saturated carbocycles. The standard InChI is InChI=1S/C25H33F3N4O4S2/c1-5-16(2)10-12-37-13-11-23(33)29-21-15-22(18(4)14-17(21)3)38(35,36)32-20-8-6-19(7-9-20)30-31-24(34)25(26,27)28/h6-9,14-16,30,32H,5,10-13H2,1-4H3,(H,29,33)(H,31,34). The number of nitrogens with one attached hydrogen (secondary N) is 4. The van der Waals surface area contributed by atoms with E-state index in [4.69, 9.17) is 0 Å². The Morgan fingerprint density at radius 1 is 1.00 bits per heavy atom. The van der Waals surface area contributed by atoms with Gasteiger partial charge in [-0.3, -0.25) is 25.2 Å². The molecule has 0 radical (unpaired) electrons. The average Bonchev–Trinajstić information content (AvgIpc) is 2.83. The number of carbonyl (C=O) groups is 2. The molecule has 0 aliphatic carbocycles. The van der Waals surface area contributed by atoms with Crippen LogP contribution >= 0.6 is 11.8 Å². The number of hydrazine groups is 1. The fourth-order valence-corrected chi connectivity index (χ4v) is 5.67. The van der Waals surface area contributed by atoms with Crippen LogP contribution in [0.4, 0.5) is 30.2 Å². The molecule has 8 nitrogen and oxygen atoms in total. The van der Waals surface area contributed by atoms with Crippen molar-refractivity contribution in [3.8, 4) is 0 Å². The smallest absolute Gasteiger partial charge is 0.326 e. The highest BCUT2D eigenvalue weighted by molar-refractivity contribution is 7.99. The van der Waals surface area contributed by atoms with Crippen LogP contribution in [0.15, 0.2) is 41.3 Å². The van der Waals surface area contributed by atoms with Gasteiger partial charge in [0, 0.05) is 23.5 Å². The summed E-state index contributed by atoms with van der Waals surface area (Å²) >= 11 is 1.72. The quantitative estimate of drug-likeness (QED) is 0.183. The predicted octanol–water partition coefficient (Wildman–Crippen LogP) is 5.61. The Bertz CT molecular complexity index is 1220. The molecule has 4 N–H and O–H groups in total. The van der Waals surface area contributed by atoms with Crippen molar-refractivity contribution in [3.63, 3.8) is 0 Å².